The molecule has 134 valence electrons. The van der Waals surface area contributed by atoms with Gasteiger partial charge in [-0.3, -0.25) is 4.90 Å². The lowest BCUT2D eigenvalue weighted by Crippen LogP contribution is -2.33. The van der Waals surface area contributed by atoms with Gasteiger partial charge in [0.25, 0.3) is 0 Å². The zero-order valence-electron chi connectivity index (χ0n) is 14.4. The maximum atomic E-state index is 12.8. The van der Waals surface area contributed by atoms with Crippen LogP contribution in [0.25, 0.3) is 0 Å². The van der Waals surface area contributed by atoms with E-state index in [1.165, 1.54) is 37.0 Å². The summed E-state index contributed by atoms with van der Waals surface area (Å²) in [4.78, 5) is 2.31. The van der Waals surface area contributed by atoms with Crippen LogP contribution in [0, 0.1) is 11.8 Å². The Hall–Kier alpha value is -1.73. The predicted octanol–water partition coefficient (Wildman–Crippen LogP) is 5.74. The molecular formula is C21H24F3N. The van der Waals surface area contributed by atoms with Crippen LogP contribution in [0.15, 0.2) is 35.9 Å². The zero-order valence-corrected chi connectivity index (χ0v) is 14.4. The molecule has 0 amide bonds. The Morgan fingerprint density at radius 3 is 2.24 bits per heavy atom. The summed E-state index contributed by atoms with van der Waals surface area (Å²) in [6, 6.07) is 5.41. The lowest BCUT2D eigenvalue weighted by Gasteiger charge is -2.32. The highest BCUT2D eigenvalue weighted by Crippen LogP contribution is 2.31. The Balaban J connectivity index is 1.85. The number of alkyl halides is 3. The Morgan fingerprint density at radius 1 is 0.920 bits per heavy atom. The molecule has 1 aliphatic heterocycles. The Kier molecular flexibility index (Phi) is 5.86. The fourth-order valence-electron chi connectivity index (χ4n) is 3.53. The lowest BCUT2D eigenvalue weighted by atomic mass is 9.97. The van der Waals surface area contributed by atoms with Crippen molar-refractivity contribution in [3.8, 4) is 11.8 Å². The number of likely N-dealkylation sites (tertiary alicyclic amines) is 1. The van der Waals surface area contributed by atoms with Gasteiger partial charge in [-0.25, -0.2) is 0 Å². The summed E-state index contributed by atoms with van der Waals surface area (Å²) in [5, 5.41) is 0. The van der Waals surface area contributed by atoms with Crippen molar-refractivity contribution in [1.29, 1.82) is 0 Å². The van der Waals surface area contributed by atoms with Crippen molar-refractivity contribution in [2.75, 3.05) is 13.1 Å². The molecule has 1 aromatic carbocycles. The summed E-state index contributed by atoms with van der Waals surface area (Å²) in [5.41, 5.74) is 1.44. The van der Waals surface area contributed by atoms with Crippen LogP contribution >= 0.6 is 0 Å². The van der Waals surface area contributed by atoms with Crippen molar-refractivity contribution < 1.29 is 13.2 Å². The van der Waals surface area contributed by atoms with Crippen molar-refractivity contribution in [1.82, 2.24) is 4.90 Å². The second kappa shape index (κ2) is 8.10. The Labute approximate surface area is 147 Å². The smallest absolute Gasteiger partial charge is 0.286 e. The molecule has 1 heterocycles. The molecule has 0 N–H and O–H groups in total. The largest absolute Gasteiger partial charge is 0.416 e. The molecule has 2 aliphatic rings. The number of halogens is 3. The van der Waals surface area contributed by atoms with Gasteiger partial charge in [0.05, 0.1) is 11.6 Å². The number of allylic oxidation sites excluding steroid dienone is 2. The third kappa shape index (κ3) is 4.89. The summed E-state index contributed by atoms with van der Waals surface area (Å²) < 4.78 is 38.5. The van der Waals surface area contributed by atoms with Crippen molar-refractivity contribution in [3.05, 3.63) is 47.0 Å². The van der Waals surface area contributed by atoms with Gasteiger partial charge in [-0.2, -0.15) is 13.2 Å². The van der Waals surface area contributed by atoms with Crippen LogP contribution in [0.5, 0.6) is 0 Å². The van der Waals surface area contributed by atoms with E-state index in [0.29, 0.717) is 0 Å². The first-order chi connectivity index (χ1) is 12.0. The summed E-state index contributed by atoms with van der Waals surface area (Å²) in [7, 11) is 0. The Morgan fingerprint density at radius 2 is 1.64 bits per heavy atom. The van der Waals surface area contributed by atoms with Gasteiger partial charge >= 0.3 is 6.18 Å². The Bertz CT molecular complexity index is 655. The summed E-state index contributed by atoms with van der Waals surface area (Å²) in [6.45, 7) is 1.92. The van der Waals surface area contributed by atoms with Gasteiger partial charge in [0.1, 0.15) is 0 Å². The highest BCUT2D eigenvalue weighted by Gasteiger charge is 2.30. The van der Waals surface area contributed by atoms with Crippen molar-refractivity contribution in [2.45, 2.75) is 57.2 Å². The first-order valence-electron chi connectivity index (χ1n) is 9.16. The molecule has 0 radical (unpaired) electrons. The molecule has 25 heavy (non-hydrogen) atoms. The topological polar surface area (TPSA) is 3.24 Å². The van der Waals surface area contributed by atoms with Crippen LogP contribution in [-0.2, 0) is 6.18 Å². The second-order valence-electron chi connectivity index (χ2n) is 6.86. The van der Waals surface area contributed by atoms with Crippen molar-refractivity contribution >= 4 is 0 Å². The monoisotopic (exact) mass is 347 g/mol. The minimum atomic E-state index is -4.29. The van der Waals surface area contributed by atoms with Gasteiger partial charge < -0.3 is 0 Å². The number of hydrogen-bond acceptors (Lipinski definition) is 1. The third-order valence-corrected chi connectivity index (χ3v) is 4.97. The number of piperidine rings is 1. The molecule has 0 aromatic heterocycles. The lowest BCUT2D eigenvalue weighted by molar-refractivity contribution is -0.137. The van der Waals surface area contributed by atoms with Gasteiger partial charge in [-0.05, 0) is 74.9 Å². The van der Waals surface area contributed by atoms with E-state index in [1.54, 1.807) is 12.1 Å². The van der Waals surface area contributed by atoms with Crippen LogP contribution in [0.4, 0.5) is 13.2 Å². The molecule has 1 atom stereocenters. The van der Waals surface area contributed by atoms with E-state index in [1.807, 2.05) is 0 Å². The fraction of sp³-hybridized carbons (Fsp3) is 0.524. The molecule has 4 heteroatoms. The van der Waals surface area contributed by atoms with Gasteiger partial charge in [-0.1, -0.05) is 36.5 Å². The number of nitrogens with zero attached hydrogens (tertiary/aromatic N) is 1. The molecule has 1 nitrogen and oxygen atoms in total. The normalized spacial score (nSPS) is 20.4. The van der Waals surface area contributed by atoms with Gasteiger partial charge in [0.15, 0.2) is 0 Å². The predicted molar refractivity (Wildman–Crippen MR) is 93.9 cm³/mol. The van der Waals surface area contributed by atoms with E-state index in [9.17, 15) is 13.2 Å². The van der Waals surface area contributed by atoms with E-state index in [4.69, 9.17) is 0 Å². The molecular weight excluding hydrogens is 323 g/mol. The molecule has 1 aliphatic carbocycles. The van der Waals surface area contributed by atoms with Crippen LogP contribution in [-0.4, -0.2) is 18.0 Å². The molecule has 1 saturated heterocycles. The molecule has 0 spiro atoms. The third-order valence-electron chi connectivity index (χ3n) is 4.97. The van der Waals surface area contributed by atoms with E-state index < -0.39 is 11.7 Å². The minimum absolute atomic E-state index is 0.120. The van der Waals surface area contributed by atoms with Crippen LogP contribution in [0.1, 0.15) is 62.1 Å². The van der Waals surface area contributed by atoms with Crippen LogP contribution in [0.3, 0.4) is 0 Å². The molecule has 3 rings (SSSR count). The average molecular weight is 347 g/mol. The highest BCUT2D eigenvalue weighted by molar-refractivity contribution is 5.36. The van der Waals surface area contributed by atoms with Crippen LogP contribution in [0.2, 0.25) is 0 Å². The molecule has 1 aromatic rings. The zero-order chi connectivity index (χ0) is 17.7. The van der Waals surface area contributed by atoms with Crippen LogP contribution < -0.4 is 0 Å². The molecule has 1 fully saturated rings. The number of hydrogen-bond donors (Lipinski definition) is 0. The highest BCUT2D eigenvalue weighted by atomic mass is 19.4. The van der Waals surface area contributed by atoms with Crippen molar-refractivity contribution in [3.63, 3.8) is 0 Å². The first-order valence-corrected chi connectivity index (χ1v) is 9.16. The fourth-order valence-corrected chi connectivity index (χ4v) is 3.53. The second-order valence-corrected chi connectivity index (χ2v) is 6.86. The standard InChI is InChI=1S/C21H24F3N/c22-21(23,24)19-12-10-18(11-13-19)20(25-15-5-2-6-16-25)14-9-17-7-3-1-4-8-17/h7,10-13,20H,1-6,8,15-16H2. The van der Waals surface area contributed by atoms with Gasteiger partial charge in [-0.15, -0.1) is 0 Å². The minimum Gasteiger partial charge on any atom is -0.286 e. The summed E-state index contributed by atoms with van der Waals surface area (Å²) in [5.74, 6) is 6.67. The quantitative estimate of drug-likeness (QED) is 0.617. The van der Waals surface area contributed by atoms with Gasteiger partial charge in [0.2, 0.25) is 0 Å². The first kappa shape index (κ1) is 18.1. The maximum absolute atomic E-state index is 12.8. The summed E-state index contributed by atoms with van der Waals surface area (Å²) >= 11 is 0. The van der Waals surface area contributed by atoms with Crippen molar-refractivity contribution in [2.24, 2.45) is 0 Å². The van der Waals surface area contributed by atoms with E-state index >= 15 is 0 Å². The molecule has 0 bridgehead atoms. The number of benzene rings is 1. The SMILES string of the molecule is FC(F)(F)c1ccc(C(C#CC2=CCCCC2)N2CCCCC2)cc1. The van der Waals surface area contributed by atoms with E-state index in [2.05, 4.69) is 22.8 Å². The van der Waals surface area contributed by atoms with E-state index in [-0.39, 0.29) is 6.04 Å². The van der Waals surface area contributed by atoms with Gasteiger partial charge in [0, 0.05) is 0 Å². The van der Waals surface area contributed by atoms with E-state index in [0.717, 1.165) is 44.3 Å². The molecule has 1 unspecified atom stereocenters. The molecule has 0 saturated carbocycles. The summed E-state index contributed by atoms with van der Waals surface area (Å²) in [6.07, 6.45) is 5.88. The maximum Gasteiger partial charge on any atom is 0.416 e. The average Bonchev–Trinajstić information content (AvgIpc) is 2.63. The number of rotatable bonds is 2.